The molecule has 7 heteroatoms. The molecule has 2 aliphatic heterocycles. The number of fused-ring (bicyclic) bond motifs is 2. The number of anilines is 1. The average molecular weight is 455 g/mol. The summed E-state index contributed by atoms with van der Waals surface area (Å²) in [6, 6.07) is 4.26. The summed E-state index contributed by atoms with van der Waals surface area (Å²) >= 11 is 0. The standard InChI is InChI=1S/C24H29FN4O2.C2H6/c1-4-28(5-2)11-12-29-10-6-7-20-22(24(29)31)15(3)21(26-20)14-18-17-13-16(25)8-9-19(17)27-23(18)30;1-2/h8-9,13-14,26H,4-7,10-12H2,1-3H3,(H,27,30);1-2H3/b18-14-;. The van der Waals surface area contributed by atoms with Crippen LogP contribution in [-0.2, 0) is 11.2 Å². The lowest BCUT2D eigenvalue weighted by Crippen LogP contribution is -2.38. The molecule has 1 aromatic carbocycles. The summed E-state index contributed by atoms with van der Waals surface area (Å²) in [5, 5.41) is 2.77. The molecule has 0 atom stereocenters. The lowest BCUT2D eigenvalue weighted by Gasteiger charge is -2.25. The number of hydrogen-bond donors (Lipinski definition) is 2. The van der Waals surface area contributed by atoms with E-state index in [4.69, 9.17) is 0 Å². The fourth-order valence-corrected chi connectivity index (χ4v) is 4.47. The Bertz CT molecular complexity index is 1050. The first kappa shape index (κ1) is 24.7. The predicted octanol–water partition coefficient (Wildman–Crippen LogP) is 4.71. The maximum absolute atomic E-state index is 13.8. The molecule has 0 saturated heterocycles. The van der Waals surface area contributed by atoms with Crippen LogP contribution in [0.5, 0.6) is 0 Å². The Morgan fingerprint density at radius 3 is 2.61 bits per heavy atom. The largest absolute Gasteiger partial charge is 0.358 e. The van der Waals surface area contributed by atoms with E-state index in [0.29, 0.717) is 28.9 Å². The number of rotatable bonds is 6. The third-order valence-electron chi connectivity index (χ3n) is 6.36. The van der Waals surface area contributed by atoms with Crippen molar-refractivity contribution in [3.8, 4) is 0 Å². The van der Waals surface area contributed by atoms with Gasteiger partial charge in [0.25, 0.3) is 11.8 Å². The van der Waals surface area contributed by atoms with Crippen molar-refractivity contribution in [1.82, 2.24) is 14.8 Å². The van der Waals surface area contributed by atoms with Crippen molar-refractivity contribution in [3.63, 3.8) is 0 Å². The average Bonchev–Trinajstić information content (AvgIpc) is 3.23. The Hall–Kier alpha value is -2.93. The second-order valence-electron chi connectivity index (χ2n) is 8.14. The second kappa shape index (κ2) is 10.8. The van der Waals surface area contributed by atoms with E-state index >= 15 is 0 Å². The van der Waals surface area contributed by atoms with Crippen LogP contribution in [0, 0.1) is 12.7 Å². The van der Waals surface area contributed by atoms with Gasteiger partial charge in [-0.3, -0.25) is 9.59 Å². The Labute approximate surface area is 195 Å². The fraction of sp³-hybridized carbons (Fsp3) is 0.462. The van der Waals surface area contributed by atoms with Gasteiger partial charge in [0.05, 0.1) is 11.1 Å². The van der Waals surface area contributed by atoms with Crippen molar-refractivity contribution >= 4 is 29.2 Å². The topological polar surface area (TPSA) is 68.4 Å². The molecular formula is C26H35FN4O2. The normalized spacial score (nSPS) is 16.3. The Morgan fingerprint density at radius 1 is 1.18 bits per heavy atom. The summed E-state index contributed by atoms with van der Waals surface area (Å²) in [5.41, 5.74) is 4.73. The molecule has 0 fully saturated rings. The van der Waals surface area contributed by atoms with E-state index in [2.05, 4.69) is 29.0 Å². The molecule has 0 unspecified atom stereocenters. The van der Waals surface area contributed by atoms with Crippen molar-refractivity contribution in [2.45, 2.75) is 47.5 Å². The zero-order chi connectivity index (χ0) is 24.1. The van der Waals surface area contributed by atoms with Crippen LogP contribution >= 0.6 is 0 Å². The fourth-order valence-electron chi connectivity index (χ4n) is 4.47. The van der Waals surface area contributed by atoms with Crippen LogP contribution in [0.1, 0.15) is 67.0 Å². The molecule has 0 saturated carbocycles. The quantitative estimate of drug-likeness (QED) is 0.621. The highest BCUT2D eigenvalue weighted by Crippen LogP contribution is 2.35. The minimum atomic E-state index is -0.390. The van der Waals surface area contributed by atoms with Gasteiger partial charge in [0.15, 0.2) is 0 Å². The van der Waals surface area contributed by atoms with Gasteiger partial charge in [-0.05, 0) is 62.7 Å². The van der Waals surface area contributed by atoms with Gasteiger partial charge in [-0.25, -0.2) is 4.39 Å². The lowest BCUT2D eigenvalue weighted by atomic mass is 10.0. The van der Waals surface area contributed by atoms with E-state index in [1.165, 1.54) is 12.1 Å². The number of nitrogens with one attached hydrogen (secondary N) is 2. The maximum Gasteiger partial charge on any atom is 0.256 e. The summed E-state index contributed by atoms with van der Waals surface area (Å²) in [7, 11) is 0. The molecule has 0 bridgehead atoms. The minimum absolute atomic E-state index is 0.0420. The first-order valence-electron chi connectivity index (χ1n) is 12.0. The smallest absolute Gasteiger partial charge is 0.256 e. The van der Waals surface area contributed by atoms with Crippen LogP contribution in [0.4, 0.5) is 10.1 Å². The van der Waals surface area contributed by atoms with Crippen molar-refractivity contribution in [2.75, 3.05) is 38.0 Å². The van der Waals surface area contributed by atoms with E-state index < -0.39 is 0 Å². The summed E-state index contributed by atoms with van der Waals surface area (Å²) in [6.07, 6.45) is 3.41. The summed E-state index contributed by atoms with van der Waals surface area (Å²) in [4.78, 5) is 33.4. The Balaban J connectivity index is 0.00000149. The second-order valence-corrected chi connectivity index (χ2v) is 8.14. The molecule has 4 rings (SSSR count). The molecule has 0 radical (unpaired) electrons. The van der Waals surface area contributed by atoms with Crippen molar-refractivity contribution < 1.29 is 14.0 Å². The van der Waals surface area contributed by atoms with E-state index in [1.807, 2.05) is 25.7 Å². The van der Waals surface area contributed by atoms with Crippen molar-refractivity contribution in [3.05, 3.63) is 52.1 Å². The van der Waals surface area contributed by atoms with Crippen molar-refractivity contribution in [2.24, 2.45) is 0 Å². The van der Waals surface area contributed by atoms with Crippen molar-refractivity contribution in [1.29, 1.82) is 0 Å². The molecule has 2 aliphatic rings. The molecule has 2 amide bonds. The molecule has 1 aromatic heterocycles. The number of benzene rings is 1. The van der Waals surface area contributed by atoms with E-state index in [9.17, 15) is 14.0 Å². The zero-order valence-corrected chi connectivity index (χ0v) is 20.3. The van der Waals surface area contributed by atoms with E-state index in [-0.39, 0.29) is 17.6 Å². The Kier molecular flexibility index (Phi) is 8.08. The van der Waals surface area contributed by atoms with Crippen LogP contribution in [0.25, 0.3) is 11.6 Å². The van der Waals surface area contributed by atoms with Gasteiger partial charge in [0.2, 0.25) is 0 Å². The van der Waals surface area contributed by atoms with Crippen LogP contribution in [0.15, 0.2) is 18.2 Å². The Morgan fingerprint density at radius 2 is 1.91 bits per heavy atom. The number of aromatic nitrogens is 1. The van der Waals surface area contributed by atoms with Crippen LogP contribution in [0.3, 0.4) is 0 Å². The van der Waals surface area contributed by atoms with E-state index in [0.717, 1.165) is 56.0 Å². The highest BCUT2D eigenvalue weighted by atomic mass is 19.1. The summed E-state index contributed by atoms with van der Waals surface area (Å²) < 4.78 is 13.8. The molecule has 3 heterocycles. The number of halogens is 1. The predicted molar refractivity (Wildman–Crippen MR) is 132 cm³/mol. The number of amides is 2. The van der Waals surface area contributed by atoms with Gasteiger partial charge in [-0.2, -0.15) is 0 Å². The zero-order valence-electron chi connectivity index (χ0n) is 20.3. The van der Waals surface area contributed by atoms with Gasteiger partial charge >= 0.3 is 0 Å². The SMILES string of the molecule is CC.CCN(CC)CCN1CCCc2[nH]c(/C=C3\C(=O)Nc4ccc(F)cc43)c(C)c2C1=O. The summed E-state index contributed by atoms with van der Waals surface area (Å²) in [6.45, 7) is 14.4. The molecule has 2 N–H and O–H groups in total. The number of likely N-dealkylation sites (N-methyl/N-ethyl adjacent to an activating group) is 1. The monoisotopic (exact) mass is 454 g/mol. The minimum Gasteiger partial charge on any atom is -0.358 e. The van der Waals surface area contributed by atoms with E-state index in [1.54, 1.807) is 12.1 Å². The number of hydrogen-bond acceptors (Lipinski definition) is 3. The number of aromatic amines is 1. The van der Waals surface area contributed by atoms with Gasteiger partial charge < -0.3 is 20.1 Å². The molecular weight excluding hydrogens is 419 g/mol. The van der Waals surface area contributed by atoms with Gasteiger partial charge in [-0.15, -0.1) is 0 Å². The maximum atomic E-state index is 13.8. The molecule has 6 nitrogen and oxygen atoms in total. The number of H-pyrrole nitrogens is 1. The molecule has 0 spiro atoms. The van der Waals surface area contributed by atoms with Crippen LogP contribution in [0.2, 0.25) is 0 Å². The first-order valence-corrected chi connectivity index (χ1v) is 12.0. The lowest BCUT2D eigenvalue weighted by molar-refractivity contribution is -0.110. The molecule has 0 aliphatic carbocycles. The number of carbonyl (C=O) groups is 2. The number of carbonyl (C=O) groups excluding carboxylic acids is 2. The third-order valence-corrected chi connectivity index (χ3v) is 6.36. The third kappa shape index (κ3) is 5.03. The first-order chi connectivity index (χ1) is 15.9. The summed E-state index contributed by atoms with van der Waals surface area (Å²) in [5.74, 6) is -0.614. The highest BCUT2D eigenvalue weighted by molar-refractivity contribution is 6.34. The molecule has 2 aromatic rings. The van der Waals surface area contributed by atoms with Crippen LogP contribution in [-0.4, -0.2) is 59.3 Å². The number of aryl methyl sites for hydroxylation is 1. The van der Waals surface area contributed by atoms with Gasteiger partial charge in [0.1, 0.15) is 5.82 Å². The highest BCUT2D eigenvalue weighted by Gasteiger charge is 2.29. The van der Waals surface area contributed by atoms with Gasteiger partial charge in [-0.1, -0.05) is 27.7 Å². The van der Waals surface area contributed by atoms with Gasteiger partial charge in [0, 0.05) is 42.3 Å². The van der Waals surface area contributed by atoms with Crippen LogP contribution < -0.4 is 5.32 Å². The molecule has 33 heavy (non-hydrogen) atoms. The molecule has 178 valence electrons. The number of nitrogens with zero attached hydrogens (tertiary/aromatic N) is 2.